The number of fused-ring (bicyclic) bond motifs is 1. The Labute approximate surface area is 173 Å². The maximum absolute atomic E-state index is 13.6. The van der Waals surface area contributed by atoms with Crippen LogP contribution in [0.3, 0.4) is 0 Å². The molecule has 3 aromatic rings. The first-order chi connectivity index (χ1) is 13.7. The second-order valence-electron chi connectivity index (χ2n) is 7.92. The van der Waals surface area contributed by atoms with Gasteiger partial charge in [0.2, 0.25) is 0 Å². The third-order valence-corrected chi connectivity index (χ3v) is 8.43. The smallest absolute Gasteiger partial charge is 0.257 e. The minimum Gasteiger partial charge on any atom is -0.335 e. The summed E-state index contributed by atoms with van der Waals surface area (Å²) in [4.78, 5) is 19.4. The lowest BCUT2D eigenvalue weighted by atomic mass is 9.78. The van der Waals surface area contributed by atoms with E-state index in [1.165, 1.54) is 35.4 Å². The lowest BCUT2D eigenvalue weighted by Crippen LogP contribution is -2.49. The van der Waals surface area contributed by atoms with Gasteiger partial charge in [-0.2, -0.15) is 5.10 Å². The monoisotopic (exact) mass is 411 g/mol. The summed E-state index contributed by atoms with van der Waals surface area (Å²) in [5.74, 6) is 0.865. The highest BCUT2D eigenvalue weighted by atomic mass is 32.1. The third-order valence-electron chi connectivity index (χ3n) is 6.28. The van der Waals surface area contributed by atoms with Gasteiger partial charge in [0.05, 0.1) is 22.3 Å². The van der Waals surface area contributed by atoms with Crippen LogP contribution in [0.4, 0.5) is 0 Å². The van der Waals surface area contributed by atoms with Gasteiger partial charge in [0.15, 0.2) is 0 Å². The molecule has 146 valence electrons. The summed E-state index contributed by atoms with van der Waals surface area (Å²) in [6.07, 6.45) is 9.20. The number of hydrogen-bond acceptors (Lipinski definition) is 4. The molecule has 2 fully saturated rings. The molecule has 3 aromatic heterocycles. The van der Waals surface area contributed by atoms with E-state index in [4.69, 9.17) is 0 Å². The van der Waals surface area contributed by atoms with Crippen molar-refractivity contribution in [3.8, 4) is 20.3 Å². The van der Waals surface area contributed by atoms with Crippen molar-refractivity contribution >= 4 is 28.6 Å². The Balaban J connectivity index is 1.48. The van der Waals surface area contributed by atoms with Crippen molar-refractivity contribution in [2.45, 2.75) is 44.6 Å². The number of piperidine rings is 1. The van der Waals surface area contributed by atoms with Crippen LogP contribution in [-0.4, -0.2) is 33.2 Å². The average Bonchev–Trinajstić information content (AvgIpc) is 3.47. The fraction of sp³-hybridized carbons (Fsp3) is 0.455. The maximum Gasteiger partial charge on any atom is 0.257 e. The molecule has 2 aliphatic rings. The summed E-state index contributed by atoms with van der Waals surface area (Å²) in [6, 6.07) is 8.94. The molecule has 0 aromatic carbocycles. The number of amides is 1. The molecule has 0 N–H and O–H groups in total. The lowest BCUT2D eigenvalue weighted by molar-refractivity contribution is 0.0391. The topological polar surface area (TPSA) is 38.1 Å². The summed E-state index contributed by atoms with van der Waals surface area (Å²) in [7, 11) is 1.94. The van der Waals surface area contributed by atoms with Crippen molar-refractivity contribution in [3.63, 3.8) is 0 Å². The highest BCUT2D eigenvalue weighted by Crippen LogP contribution is 2.40. The number of aromatic nitrogens is 2. The normalized spacial score (nSPS) is 22.2. The fourth-order valence-corrected chi connectivity index (χ4v) is 6.87. The third kappa shape index (κ3) is 3.12. The fourth-order valence-electron chi connectivity index (χ4n) is 4.93. The molecule has 6 heteroatoms. The van der Waals surface area contributed by atoms with Gasteiger partial charge in [0, 0.05) is 29.4 Å². The van der Waals surface area contributed by atoms with Gasteiger partial charge < -0.3 is 4.90 Å². The van der Waals surface area contributed by atoms with Crippen LogP contribution in [0.25, 0.3) is 20.3 Å². The van der Waals surface area contributed by atoms with E-state index in [9.17, 15) is 4.79 Å². The van der Waals surface area contributed by atoms with E-state index in [1.807, 2.05) is 11.7 Å². The van der Waals surface area contributed by atoms with Crippen molar-refractivity contribution in [2.75, 3.05) is 6.54 Å². The van der Waals surface area contributed by atoms with Crippen LogP contribution in [0, 0.1) is 5.92 Å². The van der Waals surface area contributed by atoms with Crippen molar-refractivity contribution < 1.29 is 4.79 Å². The molecule has 5 rings (SSSR count). The predicted octanol–water partition coefficient (Wildman–Crippen LogP) is 5.67. The van der Waals surface area contributed by atoms with Crippen molar-refractivity contribution in [1.29, 1.82) is 0 Å². The molecule has 0 bridgehead atoms. The van der Waals surface area contributed by atoms with E-state index in [0.29, 0.717) is 12.0 Å². The predicted molar refractivity (Wildman–Crippen MR) is 116 cm³/mol. The van der Waals surface area contributed by atoms with E-state index >= 15 is 0 Å². The van der Waals surface area contributed by atoms with Crippen LogP contribution in [0.1, 0.15) is 48.9 Å². The largest absolute Gasteiger partial charge is 0.335 e. The van der Waals surface area contributed by atoms with E-state index < -0.39 is 0 Å². The van der Waals surface area contributed by atoms with Crippen LogP contribution in [0.15, 0.2) is 35.8 Å². The zero-order valence-electron chi connectivity index (χ0n) is 16.1. The highest BCUT2D eigenvalue weighted by Gasteiger charge is 2.37. The zero-order valence-corrected chi connectivity index (χ0v) is 17.8. The minimum atomic E-state index is 0.172. The molecule has 4 nitrogen and oxygen atoms in total. The Morgan fingerprint density at radius 2 is 1.89 bits per heavy atom. The van der Waals surface area contributed by atoms with Crippen LogP contribution in [-0.2, 0) is 7.05 Å². The van der Waals surface area contributed by atoms with Crippen LogP contribution >= 0.6 is 22.7 Å². The zero-order chi connectivity index (χ0) is 19.1. The second-order valence-corrected chi connectivity index (χ2v) is 9.96. The molecule has 2 atom stereocenters. The van der Waals surface area contributed by atoms with Crippen molar-refractivity contribution in [3.05, 3.63) is 41.4 Å². The van der Waals surface area contributed by atoms with E-state index in [0.717, 1.165) is 35.5 Å². The molecule has 28 heavy (non-hydrogen) atoms. The molecule has 1 saturated carbocycles. The summed E-state index contributed by atoms with van der Waals surface area (Å²) in [5.41, 5.74) is 1.71. The van der Waals surface area contributed by atoms with E-state index in [1.54, 1.807) is 28.9 Å². The molecule has 2 unspecified atom stereocenters. The SMILES string of the molecule is Cn1ncc(C(=O)N2CCCC3CCCCC32)c1-c1ccc(-c2cccs2)s1. The van der Waals surface area contributed by atoms with Crippen LogP contribution < -0.4 is 0 Å². The number of thiophene rings is 2. The van der Waals surface area contributed by atoms with Crippen molar-refractivity contribution in [1.82, 2.24) is 14.7 Å². The van der Waals surface area contributed by atoms with Gasteiger partial charge in [-0.25, -0.2) is 0 Å². The number of nitrogens with zero attached hydrogens (tertiary/aromatic N) is 3. The molecule has 1 saturated heterocycles. The molecular formula is C22H25N3OS2. The van der Waals surface area contributed by atoms with Gasteiger partial charge in [-0.05, 0) is 55.2 Å². The Morgan fingerprint density at radius 3 is 2.75 bits per heavy atom. The maximum atomic E-state index is 13.6. The lowest BCUT2D eigenvalue weighted by Gasteiger charge is -2.44. The highest BCUT2D eigenvalue weighted by molar-refractivity contribution is 7.23. The van der Waals surface area contributed by atoms with Gasteiger partial charge in [-0.15, -0.1) is 22.7 Å². The number of aryl methyl sites for hydroxylation is 1. The van der Waals surface area contributed by atoms with Crippen molar-refractivity contribution in [2.24, 2.45) is 13.0 Å². The minimum absolute atomic E-state index is 0.172. The molecule has 1 aliphatic heterocycles. The van der Waals surface area contributed by atoms with Gasteiger partial charge in [-0.3, -0.25) is 9.48 Å². The van der Waals surface area contributed by atoms with Gasteiger partial charge in [0.25, 0.3) is 5.91 Å². The average molecular weight is 412 g/mol. The Kier molecular flexibility index (Phi) is 4.85. The molecule has 1 aliphatic carbocycles. The number of likely N-dealkylation sites (tertiary alicyclic amines) is 1. The van der Waals surface area contributed by atoms with Gasteiger partial charge in [0.1, 0.15) is 0 Å². The standard InChI is InChI=1S/C22H25N3OS2/c1-24-21(20-11-10-19(28-20)18-9-5-13-27-18)16(14-23-24)22(26)25-12-4-7-15-6-2-3-8-17(15)25/h5,9-11,13-15,17H,2-4,6-8,12H2,1H3. The molecule has 0 radical (unpaired) electrons. The summed E-state index contributed by atoms with van der Waals surface area (Å²) in [5, 5.41) is 6.57. The molecule has 4 heterocycles. The first-order valence-electron chi connectivity index (χ1n) is 10.2. The van der Waals surface area contributed by atoms with Crippen LogP contribution in [0.5, 0.6) is 0 Å². The Bertz CT molecular complexity index is 970. The Hall–Kier alpha value is -1.92. The number of rotatable bonds is 3. The summed E-state index contributed by atoms with van der Waals surface area (Å²) < 4.78 is 1.86. The number of carbonyl (C=O) groups is 1. The number of hydrogen-bond donors (Lipinski definition) is 0. The number of carbonyl (C=O) groups excluding carboxylic acids is 1. The van der Waals surface area contributed by atoms with Crippen LogP contribution in [0.2, 0.25) is 0 Å². The summed E-state index contributed by atoms with van der Waals surface area (Å²) >= 11 is 3.49. The first kappa shape index (κ1) is 18.1. The van der Waals surface area contributed by atoms with Gasteiger partial charge >= 0.3 is 0 Å². The second kappa shape index (κ2) is 7.48. The Morgan fingerprint density at radius 1 is 1.07 bits per heavy atom. The van der Waals surface area contributed by atoms with E-state index in [-0.39, 0.29) is 5.91 Å². The van der Waals surface area contributed by atoms with E-state index in [2.05, 4.69) is 39.6 Å². The van der Waals surface area contributed by atoms with Gasteiger partial charge in [-0.1, -0.05) is 18.9 Å². The molecule has 0 spiro atoms. The summed E-state index contributed by atoms with van der Waals surface area (Å²) in [6.45, 7) is 0.888. The quantitative estimate of drug-likeness (QED) is 0.557. The molecular weight excluding hydrogens is 386 g/mol. The molecule has 1 amide bonds. The first-order valence-corrected chi connectivity index (χ1v) is 11.9.